The van der Waals surface area contributed by atoms with Crippen LogP contribution >= 0.6 is 0 Å². The maximum absolute atomic E-state index is 12.0. The van der Waals surface area contributed by atoms with Gasteiger partial charge in [-0.2, -0.15) is 5.26 Å². The molecule has 1 fully saturated rings. The Hall–Kier alpha value is -1.82. The Morgan fingerprint density at radius 1 is 1.53 bits per heavy atom. The van der Waals surface area contributed by atoms with Gasteiger partial charge >= 0.3 is 0 Å². The van der Waals surface area contributed by atoms with Crippen LogP contribution in [0.25, 0.3) is 0 Å². The summed E-state index contributed by atoms with van der Waals surface area (Å²) >= 11 is 0. The molecule has 0 bridgehead atoms. The van der Waals surface area contributed by atoms with Crippen LogP contribution in [0.1, 0.15) is 36.8 Å². The first-order valence-corrected chi connectivity index (χ1v) is 6.84. The van der Waals surface area contributed by atoms with Gasteiger partial charge in [-0.3, -0.25) is 4.79 Å². The third-order valence-electron chi connectivity index (χ3n) is 4.29. The predicted octanol–water partition coefficient (Wildman–Crippen LogP) is 2.95. The molecule has 1 aromatic carbocycles. The quantitative estimate of drug-likeness (QED) is 0.816. The fourth-order valence-corrected chi connectivity index (χ4v) is 3.26. The number of aryl methyl sites for hydroxylation is 1. The average molecular weight is 255 g/mol. The lowest BCUT2D eigenvalue weighted by Crippen LogP contribution is -2.31. The summed E-state index contributed by atoms with van der Waals surface area (Å²) in [6.07, 6.45) is 3.40. The Kier molecular flexibility index (Phi) is 2.82. The zero-order valence-electron chi connectivity index (χ0n) is 11.1. The highest BCUT2D eigenvalue weighted by Gasteiger charge is 2.45. The normalized spacial score (nSPS) is 28.8. The first-order valence-electron chi connectivity index (χ1n) is 6.84. The van der Waals surface area contributed by atoms with Crippen LogP contribution < -0.4 is 4.74 Å². The molecule has 1 aromatic rings. The van der Waals surface area contributed by atoms with Crippen molar-refractivity contribution in [3.63, 3.8) is 0 Å². The van der Waals surface area contributed by atoms with Crippen LogP contribution in [0.15, 0.2) is 18.2 Å². The number of nitriles is 1. The van der Waals surface area contributed by atoms with Crippen molar-refractivity contribution >= 4 is 5.78 Å². The van der Waals surface area contributed by atoms with E-state index in [0.29, 0.717) is 19.3 Å². The van der Waals surface area contributed by atoms with Crippen molar-refractivity contribution in [1.82, 2.24) is 0 Å². The molecule has 1 saturated carbocycles. The second-order valence-corrected chi connectivity index (χ2v) is 5.73. The zero-order valence-corrected chi connectivity index (χ0v) is 11.1. The number of rotatable bonds is 2. The molecule has 1 aliphatic heterocycles. The molecular formula is C16H17NO2. The summed E-state index contributed by atoms with van der Waals surface area (Å²) in [6.45, 7) is 2.06. The van der Waals surface area contributed by atoms with Crippen molar-refractivity contribution in [3.05, 3.63) is 29.3 Å². The first kappa shape index (κ1) is 12.2. The van der Waals surface area contributed by atoms with Gasteiger partial charge in [-0.1, -0.05) is 17.7 Å². The average Bonchev–Trinajstić information content (AvgIpc) is 2.94. The van der Waals surface area contributed by atoms with E-state index in [0.717, 1.165) is 18.6 Å². The molecule has 3 nitrogen and oxygen atoms in total. The number of ketones is 1. The van der Waals surface area contributed by atoms with Gasteiger partial charge in [-0.05, 0) is 31.4 Å². The fraction of sp³-hybridized carbons (Fsp3) is 0.500. The van der Waals surface area contributed by atoms with E-state index in [1.165, 1.54) is 11.1 Å². The minimum absolute atomic E-state index is 0.0292. The molecular weight excluding hydrogens is 238 g/mol. The molecule has 2 unspecified atom stereocenters. The summed E-state index contributed by atoms with van der Waals surface area (Å²) in [5.74, 6) is 1.01. The number of hydrogen-bond acceptors (Lipinski definition) is 3. The van der Waals surface area contributed by atoms with Gasteiger partial charge < -0.3 is 4.74 Å². The molecule has 3 rings (SSSR count). The van der Waals surface area contributed by atoms with Gasteiger partial charge in [-0.15, -0.1) is 0 Å². The molecule has 0 saturated heterocycles. The van der Waals surface area contributed by atoms with E-state index in [-0.39, 0.29) is 11.9 Å². The van der Waals surface area contributed by atoms with Gasteiger partial charge in [0.05, 0.1) is 6.07 Å². The van der Waals surface area contributed by atoms with Crippen LogP contribution in [0, 0.1) is 23.7 Å². The van der Waals surface area contributed by atoms with Crippen LogP contribution in [-0.4, -0.2) is 11.9 Å². The smallest absolute Gasteiger partial charge is 0.153 e. The minimum Gasteiger partial charge on any atom is -0.490 e. The predicted molar refractivity (Wildman–Crippen MR) is 70.8 cm³/mol. The number of ether oxygens (including phenoxy) is 1. The summed E-state index contributed by atoms with van der Waals surface area (Å²) in [5.41, 5.74) is 1.63. The van der Waals surface area contributed by atoms with Crippen molar-refractivity contribution in [2.24, 2.45) is 5.41 Å². The summed E-state index contributed by atoms with van der Waals surface area (Å²) in [6, 6.07) is 8.41. The zero-order chi connectivity index (χ0) is 13.5. The van der Waals surface area contributed by atoms with Gasteiger partial charge in [0.25, 0.3) is 0 Å². The van der Waals surface area contributed by atoms with Gasteiger partial charge in [0.1, 0.15) is 17.3 Å². The molecule has 0 amide bonds. The highest BCUT2D eigenvalue weighted by molar-refractivity contribution is 5.89. The van der Waals surface area contributed by atoms with Gasteiger partial charge in [-0.25, -0.2) is 0 Å². The first-order chi connectivity index (χ1) is 9.13. The van der Waals surface area contributed by atoms with E-state index in [9.17, 15) is 10.1 Å². The van der Waals surface area contributed by atoms with Crippen molar-refractivity contribution in [1.29, 1.82) is 5.26 Å². The number of carbonyl (C=O) groups is 1. The molecule has 2 aliphatic rings. The number of carbonyl (C=O) groups excluding carboxylic acids is 1. The molecule has 0 spiro atoms. The Morgan fingerprint density at radius 3 is 3.05 bits per heavy atom. The molecule has 1 heterocycles. The van der Waals surface area contributed by atoms with Gasteiger partial charge in [0.2, 0.25) is 0 Å². The maximum atomic E-state index is 12.0. The summed E-state index contributed by atoms with van der Waals surface area (Å²) < 4.78 is 5.90. The lowest BCUT2D eigenvalue weighted by atomic mass is 9.80. The van der Waals surface area contributed by atoms with Crippen molar-refractivity contribution in [2.45, 2.75) is 45.1 Å². The summed E-state index contributed by atoms with van der Waals surface area (Å²) in [5, 5.41) is 9.38. The highest BCUT2D eigenvalue weighted by atomic mass is 16.5. The molecule has 2 atom stereocenters. The van der Waals surface area contributed by atoms with E-state index in [1.54, 1.807) is 0 Å². The number of hydrogen-bond donors (Lipinski definition) is 0. The van der Waals surface area contributed by atoms with E-state index >= 15 is 0 Å². The highest BCUT2D eigenvalue weighted by Crippen LogP contribution is 2.42. The van der Waals surface area contributed by atoms with Crippen LogP contribution in [0.3, 0.4) is 0 Å². The van der Waals surface area contributed by atoms with Crippen molar-refractivity contribution in [2.75, 3.05) is 0 Å². The number of nitrogens with zero attached hydrogens (tertiary/aromatic N) is 1. The third kappa shape index (κ3) is 2.02. The van der Waals surface area contributed by atoms with Crippen LogP contribution in [0.4, 0.5) is 0 Å². The second-order valence-electron chi connectivity index (χ2n) is 5.73. The Morgan fingerprint density at radius 2 is 2.37 bits per heavy atom. The molecule has 98 valence electrons. The van der Waals surface area contributed by atoms with Crippen LogP contribution in [0.5, 0.6) is 5.75 Å². The summed E-state index contributed by atoms with van der Waals surface area (Å²) in [7, 11) is 0. The molecule has 3 heteroatoms. The van der Waals surface area contributed by atoms with E-state index in [1.807, 2.05) is 12.1 Å². The number of fused-ring (bicyclic) bond motifs is 1. The van der Waals surface area contributed by atoms with Gasteiger partial charge in [0, 0.05) is 19.3 Å². The van der Waals surface area contributed by atoms with Crippen LogP contribution in [-0.2, 0) is 11.2 Å². The second kappa shape index (κ2) is 4.38. The standard InChI is InChI=1S/C16H17NO2/c1-11-4-5-14-12(7-11)8-13(19-14)9-16(10-17)6-2-3-15(16)18/h4-5,7,13H,2-3,6,8-9H2,1H3. The van der Waals surface area contributed by atoms with Crippen molar-refractivity contribution in [3.8, 4) is 11.8 Å². The van der Waals surface area contributed by atoms with E-state index < -0.39 is 5.41 Å². The Balaban J connectivity index is 1.77. The largest absolute Gasteiger partial charge is 0.490 e. The number of benzene rings is 1. The maximum Gasteiger partial charge on any atom is 0.153 e. The Labute approximate surface area is 113 Å². The third-order valence-corrected chi connectivity index (χ3v) is 4.29. The Bertz CT molecular complexity index is 573. The van der Waals surface area contributed by atoms with E-state index in [2.05, 4.69) is 19.1 Å². The van der Waals surface area contributed by atoms with Crippen LogP contribution in [0.2, 0.25) is 0 Å². The topological polar surface area (TPSA) is 50.1 Å². The lowest BCUT2D eigenvalue weighted by molar-refractivity contribution is -0.124. The molecule has 0 aromatic heterocycles. The van der Waals surface area contributed by atoms with Crippen molar-refractivity contribution < 1.29 is 9.53 Å². The molecule has 19 heavy (non-hydrogen) atoms. The summed E-state index contributed by atoms with van der Waals surface area (Å²) in [4.78, 5) is 12.0. The number of Topliss-reactive ketones (excluding diaryl/α,β-unsaturated/α-hetero) is 1. The monoisotopic (exact) mass is 255 g/mol. The van der Waals surface area contributed by atoms with E-state index in [4.69, 9.17) is 4.74 Å². The minimum atomic E-state index is -0.790. The molecule has 1 aliphatic carbocycles. The van der Waals surface area contributed by atoms with Gasteiger partial charge in [0.15, 0.2) is 5.78 Å². The molecule has 0 N–H and O–H groups in total. The SMILES string of the molecule is Cc1ccc2c(c1)CC(CC1(C#N)CCCC1=O)O2. The molecule has 0 radical (unpaired) electrons. The lowest BCUT2D eigenvalue weighted by Gasteiger charge is -2.22. The fourth-order valence-electron chi connectivity index (χ4n) is 3.26.